The molecule has 0 N–H and O–H groups in total. The quantitative estimate of drug-likeness (QED) is 0.696. The normalized spacial score (nSPS) is 10.7. The van der Waals surface area contributed by atoms with E-state index in [2.05, 4.69) is 15.2 Å². The van der Waals surface area contributed by atoms with E-state index in [0.717, 1.165) is 11.3 Å². The van der Waals surface area contributed by atoms with Crippen LogP contribution in [0.25, 0.3) is 11.5 Å². The largest absolute Gasteiger partial charge is 0.333 e. The molecule has 2 heterocycles. The first-order chi connectivity index (χ1) is 6.16. The molecule has 13 heavy (non-hydrogen) atoms. The van der Waals surface area contributed by atoms with Crippen LogP contribution >= 0.6 is 11.6 Å². The lowest BCUT2D eigenvalue weighted by Gasteiger charge is -1.85. The molecule has 2 aromatic rings. The first-order valence-corrected chi connectivity index (χ1v) is 4.04. The van der Waals surface area contributed by atoms with Crippen molar-refractivity contribution < 1.29 is 4.52 Å². The number of aryl methyl sites for hydroxylation is 2. The van der Waals surface area contributed by atoms with Gasteiger partial charge in [-0.3, -0.25) is 4.68 Å². The van der Waals surface area contributed by atoms with E-state index in [1.54, 1.807) is 10.9 Å². The molecule has 0 spiro atoms. The van der Waals surface area contributed by atoms with Crippen LogP contribution in [0.1, 0.15) is 5.69 Å². The number of nitrogens with zero attached hydrogens (tertiary/aromatic N) is 4. The van der Waals surface area contributed by atoms with Crippen LogP contribution in [0.2, 0.25) is 5.28 Å². The third-order valence-electron chi connectivity index (χ3n) is 1.65. The summed E-state index contributed by atoms with van der Waals surface area (Å²) in [6.45, 7) is 1.87. The minimum Gasteiger partial charge on any atom is -0.333 e. The van der Waals surface area contributed by atoms with E-state index in [1.807, 2.05) is 14.0 Å². The van der Waals surface area contributed by atoms with Crippen LogP contribution in [0.15, 0.2) is 10.7 Å². The van der Waals surface area contributed by atoms with Gasteiger partial charge >= 0.3 is 0 Å². The van der Waals surface area contributed by atoms with Gasteiger partial charge in [0, 0.05) is 13.2 Å². The summed E-state index contributed by atoms with van der Waals surface area (Å²) in [5.41, 5.74) is 1.64. The Hall–Kier alpha value is -1.36. The third kappa shape index (κ3) is 1.42. The highest BCUT2D eigenvalue weighted by atomic mass is 35.5. The van der Waals surface area contributed by atoms with Crippen molar-refractivity contribution in [1.82, 2.24) is 19.9 Å². The van der Waals surface area contributed by atoms with Gasteiger partial charge in [0.05, 0.1) is 11.3 Å². The summed E-state index contributed by atoms with van der Waals surface area (Å²) >= 11 is 5.53. The molecule has 0 aromatic carbocycles. The number of halogens is 1. The van der Waals surface area contributed by atoms with Crippen LogP contribution in [0.4, 0.5) is 0 Å². The van der Waals surface area contributed by atoms with Crippen molar-refractivity contribution in [2.45, 2.75) is 6.92 Å². The molecule has 0 saturated carbocycles. The van der Waals surface area contributed by atoms with E-state index >= 15 is 0 Å². The predicted octanol–water partition coefficient (Wildman–Crippen LogP) is 1.43. The molecule has 0 aliphatic heterocycles. The van der Waals surface area contributed by atoms with Crippen LogP contribution in [0, 0.1) is 6.92 Å². The van der Waals surface area contributed by atoms with Gasteiger partial charge in [-0.1, -0.05) is 0 Å². The van der Waals surface area contributed by atoms with Crippen LogP contribution in [0.3, 0.4) is 0 Å². The summed E-state index contributed by atoms with van der Waals surface area (Å²) in [6, 6.07) is 0. The summed E-state index contributed by atoms with van der Waals surface area (Å²) in [5.74, 6) is 0.399. The number of hydrogen-bond acceptors (Lipinski definition) is 4. The van der Waals surface area contributed by atoms with Crippen LogP contribution < -0.4 is 0 Å². The highest BCUT2D eigenvalue weighted by Crippen LogP contribution is 2.20. The average Bonchev–Trinajstić information content (AvgIpc) is 2.58. The van der Waals surface area contributed by atoms with Crippen molar-refractivity contribution in [1.29, 1.82) is 0 Å². The standard InChI is InChI=1S/C7H7ClN4O/c1-4-5(3-12(2)10-4)6-9-7(8)11-13-6/h3H,1-2H3. The number of hydrogen-bond donors (Lipinski definition) is 0. The molecule has 0 aliphatic carbocycles. The monoisotopic (exact) mass is 198 g/mol. The molecular weight excluding hydrogens is 192 g/mol. The summed E-state index contributed by atoms with van der Waals surface area (Å²) in [5, 5.41) is 7.74. The Morgan fingerprint density at radius 1 is 1.54 bits per heavy atom. The van der Waals surface area contributed by atoms with E-state index in [0.29, 0.717) is 5.89 Å². The number of aromatic nitrogens is 4. The molecule has 0 atom stereocenters. The van der Waals surface area contributed by atoms with Gasteiger partial charge in [0.15, 0.2) is 0 Å². The van der Waals surface area contributed by atoms with E-state index in [4.69, 9.17) is 16.1 Å². The number of rotatable bonds is 1. The smallest absolute Gasteiger partial charge is 0.264 e. The Morgan fingerprint density at radius 3 is 2.77 bits per heavy atom. The second kappa shape index (κ2) is 2.85. The highest BCUT2D eigenvalue weighted by molar-refractivity contribution is 6.28. The summed E-state index contributed by atoms with van der Waals surface area (Å²) in [4.78, 5) is 3.89. The lowest BCUT2D eigenvalue weighted by atomic mass is 10.3. The topological polar surface area (TPSA) is 56.7 Å². The average molecular weight is 199 g/mol. The van der Waals surface area contributed by atoms with E-state index < -0.39 is 0 Å². The molecule has 0 amide bonds. The van der Waals surface area contributed by atoms with Crippen molar-refractivity contribution in [3.05, 3.63) is 17.2 Å². The Labute approximate surface area is 79.3 Å². The van der Waals surface area contributed by atoms with E-state index in [1.165, 1.54) is 0 Å². The fraction of sp³-hybridized carbons (Fsp3) is 0.286. The van der Waals surface area contributed by atoms with Gasteiger partial charge < -0.3 is 4.52 Å². The fourth-order valence-electron chi connectivity index (χ4n) is 1.12. The second-order valence-corrected chi connectivity index (χ2v) is 3.01. The lowest BCUT2D eigenvalue weighted by molar-refractivity contribution is 0.430. The maximum atomic E-state index is 5.53. The zero-order valence-electron chi connectivity index (χ0n) is 7.15. The molecule has 0 unspecified atom stereocenters. The van der Waals surface area contributed by atoms with E-state index in [-0.39, 0.29) is 5.28 Å². The maximum Gasteiger partial charge on any atom is 0.264 e. The van der Waals surface area contributed by atoms with Crippen LogP contribution in [-0.2, 0) is 7.05 Å². The lowest BCUT2D eigenvalue weighted by Crippen LogP contribution is -1.86. The van der Waals surface area contributed by atoms with Crippen molar-refractivity contribution >= 4 is 11.6 Å². The van der Waals surface area contributed by atoms with Gasteiger partial charge in [-0.15, -0.1) is 0 Å². The summed E-state index contributed by atoms with van der Waals surface area (Å²) in [6.07, 6.45) is 1.80. The zero-order chi connectivity index (χ0) is 9.42. The first kappa shape index (κ1) is 8.25. The van der Waals surface area contributed by atoms with Gasteiger partial charge in [-0.2, -0.15) is 10.1 Å². The van der Waals surface area contributed by atoms with Crippen molar-refractivity contribution in [2.75, 3.05) is 0 Å². The molecular formula is C7H7ClN4O. The third-order valence-corrected chi connectivity index (χ3v) is 1.80. The molecule has 5 nitrogen and oxygen atoms in total. The van der Waals surface area contributed by atoms with Crippen molar-refractivity contribution in [2.24, 2.45) is 7.05 Å². The maximum absolute atomic E-state index is 5.53. The molecule has 68 valence electrons. The minimum absolute atomic E-state index is 0.109. The highest BCUT2D eigenvalue weighted by Gasteiger charge is 2.12. The molecule has 6 heteroatoms. The molecule has 2 aromatic heterocycles. The Morgan fingerprint density at radius 2 is 2.31 bits per heavy atom. The van der Waals surface area contributed by atoms with Gasteiger partial charge in [0.2, 0.25) is 0 Å². The van der Waals surface area contributed by atoms with Gasteiger partial charge in [-0.05, 0) is 23.7 Å². The second-order valence-electron chi connectivity index (χ2n) is 2.67. The fourth-order valence-corrected chi connectivity index (χ4v) is 1.24. The van der Waals surface area contributed by atoms with Crippen LogP contribution in [-0.4, -0.2) is 19.9 Å². The molecule has 0 fully saturated rings. The summed E-state index contributed by atoms with van der Waals surface area (Å²) in [7, 11) is 1.83. The van der Waals surface area contributed by atoms with Gasteiger partial charge in [0.1, 0.15) is 0 Å². The van der Waals surface area contributed by atoms with Gasteiger partial charge in [-0.25, -0.2) is 0 Å². The van der Waals surface area contributed by atoms with Crippen molar-refractivity contribution in [3.8, 4) is 11.5 Å². The molecule has 0 saturated heterocycles. The summed E-state index contributed by atoms with van der Waals surface area (Å²) < 4.78 is 6.58. The molecule has 0 bridgehead atoms. The van der Waals surface area contributed by atoms with Crippen LogP contribution in [0.5, 0.6) is 0 Å². The predicted molar refractivity (Wildman–Crippen MR) is 46.2 cm³/mol. The first-order valence-electron chi connectivity index (χ1n) is 3.66. The Bertz CT molecular complexity index is 433. The molecule has 0 radical (unpaired) electrons. The Kier molecular flexibility index (Phi) is 1.81. The molecule has 0 aliphatic rings. The van der Waals surface area contributed by atoms with Gasteiger partial charge in [0.25, 0.3) is 11.2 Å². The minimum atomic E-state index is 0.109. The van der Waals surface area contributed by atoms with Crippen molar-refractivity contribution in [3.63, 3.8) is 0 Å². The Balaban J connectivity index is 2.51. The SMILES string of the molecule is Cc1nn(C)cc1-c1nc(Cl)no1. The zero-order valence-corrected chi connectivity index (χ0v) is 7.91. The van der Waals surface area contributed by atoms with E-state index in [9.17, 15) is 0 Å². The molecule has 2 rings (SSSR count).